The van der Waals surface area contributed by atoms with Gasteiger partial charge in [0.25, 0.3) is 5.91 Å². The van der Waals surface area contributed by atoms with Gasteiger partial charge in [-0.1, -0.05) is 25.0 Å². The lowest BCUT2D eigenvalue weighted by molar-refractivity contribution is -0.128. The molecule has 7 heteroatoms. The minimum atomic E-state index is -3.30. The van der Waals surface area contributed by atoms with Crippen LogP contribution in [0.4, 0.5) is 5.69 Å². The maximum Gasteiger partial charge on any atom is 0.269 e. The number of amides is 1. The Morgan fingerprint density at radius 2 is 1.57 bits per heavy atom. The smallest absolute Gasteiger partial charge is 0.269 e. The quantitative estimate of drug-likeness (QED) is 0.847. The van der Waals surface area contributed by atoms with Gasteiger partial charge < -0.3 is 14.8 Å². The van der Waals surface area contributed by atoms with Gasteiger partial charge in [0, 0.05) is 5.69 Å². The van der Waals surface area contributed by atoms with Crippen molar-refractivity contribution in [1.29, 1.82) is 0 Å². The Labute approximate surface area is 164 Å². The standard InChI is InChI=1S/C21H23NO5S/c1-14-20(27-19-9-5-4-8-18(19)26-14)21(23)22-15-10-12-17(13-11-15)28(24,25)16-6-2-3-7-16/h4-5,8-14,16,20H,2-3,6-7H2,1H3,(H,22,23). The molecule has 0 saturated heterocycles. The predicted octanol–water partition coefficient (Wildman–Crippen LogP) is 3.57. The molecule has 28 heavy (non-hydrogen) atoms. The van der Waals surface area contributed by atoms with Crippen LogP contribution in [0.3, 0.4) is 0 Å². The zero-order chi connectivity index (χ0) is 19.7. The van der Waals surface area contributed by atoms with Crippen molar-refractivity contribution in [2.24, 2.45) is 0 Å². The van der Waals surface area contributed by atoms with Crippen molar-refractivity contribution in [3.8, 4) is 11.5 Å². The molecule has 4 rings (SSSR count). The average Bonchev–Trinajstić information content (AvgIpc) is 3.23. The highest BCUT2D eigenvalue weighted by atomic mass is 32.2. The average molecular weight is 401 g/mol. The fourth-order valence-electron chi connectivity index (χ4n) is 3.74. The Bertz CT molecular complexity index is 965. The molecule has 0 bridgehead atoms. The van der Waals surface area contributed by atoms with E-state index >= 15 is 0 Å². The first-order valence-electron chi connectivity index (χ1n) is 9.52. The Morgan fingerprint density at radius 1 is 0.964 bits per heavy atom. The molecule has 1 N–H and O–H groups in total. The third kappa shape index (κ3) is 3.58. The molecule has 1 fully saturated rings. The minimum Gasteiger partial charge on any atom is -0.482 e. The summed E-state index contributed by atoms with van der Waals surface area (Å²) in [4.78, 5) is 12.9. The molecule has 1 amide bonds. The topological polar surface area (TPSA) is 81.7 Å². The monoisotopic (exact) mass is 401 g/mol. The first-order valence-corrected chi connectivity index (χ1v) is 11.1. The molecule has 2 aromatic rings. The van der Waals surface area contributed by atoms with Crippen LogP contribution in [0.15, 0.2) is 53.4 Å². The number of ether oxygens (including phenoxy) is 2. The van der Waals surface area contributed by atoms with Crippen molar-refractivity contribution < 1.29 is 22.7 Å². The van der Waals surface area contributed by atoms with Crippen molar-refractivity contribution in [3.63, 3.8) is 0 Å². The molecule has 2 aliphatic rings. The van der Waals surface area contributed by atoms with E-state index in [-0.39, 0.29) is 11.2 Å². The number of hydrogen-bond donors (Lipinski definition) is 1. The van der Waals surface area contributed by atoms with Gasteiger partial charge in [-0.15, -0.1) is 0 Å². The molecule has 0 aromatic heterocycles. The number of hydrogen-bond acceptors (Lipinski definition) is 5. The number of sulfone groups is 1. The highest BCUT2D eigenvalue weighted by Crippen LogP contribution is 2.34. The molecule has 2 aromatic carbocycles. The van der Waals surface area contributed by atoms with Gasteiger partial charge in [-0.3, -0.25) is 4.79 Å². The molecule has 0 spiro atoms. The molecule has 148 valence electrons. The van der Waals surface area contributed by atoms with Crippen LogP contribution in [0.5, 0.6) is 11.5 Å². The molecular formula is C21H23NO5S. The number of rotatable bonds is 4. The van der Waals surface area contributed by atoms with Crippen LogP contribution in [-0.2, 0) is 14.6 Å². The van der Waals surface area contributed by atoms with Gasteiger partial charge >= 0.3 is 0 Å². The number of benzene rings is 2. The van der Waals surface area contributed by atoms with Gasteiger partial charge in [0.05, 0.1) is 10.1 Å². The summed E-state index contributed by atoms with van der Waals surface area (Å²) in [6.45, 7) is 1.78. The summed E-state index contributed by atoms with van der Waals surface area (Å²) in [7, 11) is -3.30. The van der Waals surface area contributed by atoms with Gasteiger partial charge in [-0.25, -0.2) is 8.42 Å². The third-order valence-electron chi connectivity index (χ3n) is 5.29. The second kappa shape index (κ2) is 7.47. The number of carbonyl (C=O) groups excluding carboxylic acids is 1. The maximum absolute atomic E-state index is 12.7. The van der Waals surface area contributed by atoms with Gasteiger partial charge in [0.2, 0.25) is 6.10 Å². The fraction of sp³-hybridized carbons (Fsp3) is 0.381. The summed E-state index contributed by atoms with van der Waals surface area (Å²) < 4.78 is 36.9. The van der Waals surface area contributed by atoms with E-state index in [4.69, 9.17) is 9.47 Å². The summed E-state index contributed by atoms with van der Waals surface area (Å²) in [5, 5.41) is 2.49. The number of nitrogens with one attached hydrogen (secondary N) is 1. The lowest BCUT2D eigenvalue weighted by atomic mass is 10.1. The zero-order valence-electron chi connectivity index (χ0n) is 15.6. The van der Waals surface area contributed by atoms with Crippen LogP contribution in [-0.4, -0.2) is 31.8 Å². The largest absolute Gasteiger partial charge is 0.482 e. The van der Waals surface area contributed by atoms with Crippen LogP contribution >= 0.6 is 0 Å². The van der Waals surface area contributed by atoms with Gasteiger partial charge in [0.1, 0.15) is 6.10 Å². The number of para-hydroxylation sites is 2. The first kappa shape index (κ1) is 18.8. The van der Waals surface area contributed by atoms with Crippen molar-refractivity contribution in [1.82, 2.24) is 0 Å². The van der Waals surface area contributed by atoms with Crippen LogP contribution in [0.2, 0.25) is 0 Å². The van der Waals surface area contributed by atoms with Crippen LogP contribution < -0.4 is 14.8 Å². The Hall–Kier alpha value is -2.54. The highest BCUT2D eigenvalue weighted by Gasteiger charge is 2.34. The Kier molecular flexibility index (Phi) is 5.02. The lowest BCUT2D eigenvalue weighted by Crippen LogP contribution is -2.46. The molecule has 2 unspecified atom stereocenters. The Morgan fingerprint density at radius 3 is 2.21 bits per heavy atom. The van der Waals surface area contributed by atoms with E-state index in [1.54, 1.807) is 43.3 Å². The zero-order valence-corrected chi connectivity index (χ0v) is 16.4. The highest BCUT2D eigenvalue weighted by molar-refractivity contribution is 7.92. The second-order valence-electron chi connectivity index (χ2n) is 7.27. The van der Waals surface area contributed by atoms with Gasteiger partial charge in [0.15, 0.2) is 21.3 Å². The van der Waals surface area contributed by atoms with E-state index < -0.39 is 22.0 Å². The summed E-state index contributed by atoms with van der Waals surface area (Å²) >= 11 is 0. The molecule has 1 aliphatic carbocycles. The number of fused-ring (bicyclic) bond motifs is 1. The summed E-state index contributed by atoms with van der Waals surface area (Å²) in [6.07, 6.45) is 2.12. The lowest BCUT2D eigenvalue weighted by Gasteiger charge is -2.31. The van der Waals surface area contributed by atoms with E-state index in [2.05, 4.69) is 5.32 Å². The van der Waals surface area contributed by atoms with E-state index in [1.165, 1.54) is 0 Å². The minimum absolute atomic E-state index is 0.290. The van der Waals surface area contributed by atoms with E-state index in [9.17, 15) is 13.2 Å². The first-order chi connectivity index (χ1) is 13.4. The van der Waals surface area contributed by atoms with E-state index in [0.29, 0.717) is 22.1 Å². The summed E-state index contributed by atoms with van der Waals surface area (Å²) in [5.41, 5.74) is 0.519. The molecule has 2 atom stereocenters. The third-order valence-corrected chi connectivity index (χ3v) is 7.57. The van der Waals surface area contributed by atoms with Crippen molar-refractivity contribution in [3.05, 3.63) is 48.5 Å². The molecule has 1 aliphatic heterocycles. The SMILES string of the molecule is CC1Oc2ccccc2OC1C(=O)Nc1ccc(S(=O)(=O)C2CCCC2)cc1. The molecule has 0 radical (unpaired) electrons. The maximum atomic E-state index is 12.7. The molecule has 6 nitrogen and oxygen atoms in total. The van der Waals surface area contributed by atoms with Crippen molar-refractivity contribution in [2.45, 2.75) is 55.0 Å². The van der Waals surface area contributed by atoms with Gasteiger partial charge in [-0.2, -0.15) is 0 Å². The summed E-state index contributed by atoms with van der Waals surface area (Å²) in [6, 6.07) is 13.5. The number of carbonyl (C=O) groups is 1. The van der Waals surface area contributed by atoms with E-state index in [1.807, 2.05) is 12.1 Å². The second-order valence-corrected chi connectivity index (χ2v) is 9.50. The van der Waals surface area contributed by atoms with Crippen molar-refractivity contribution >= 4 is 21.4 Å². The number of anilines is 1. The van der Waals surface area contributed by atoms with Crippen molar-refractivity contribution in [2.75, 3.05) is 5.32 Å². The van der Waals surface area contributed by atoms with Gasteiger partial charge in [-0.05, 0) is 56.2 Å². The normalized spacial score (nSPS) is 22.0. The molecule has 1 saturated carbocycles. The van der Waals surface area contributed by atoms with Crippen LogP contribution in [0.25, 0.3) is 0 Å². The Balaban J connectivity index is 1.45. The van der Waals surface area contributed by atoms with Crippen LogP contribution in [0.1, 0.15) is 32.6 Å². The molecule has 1 heterocycles. The predicted molar refractivity (Wildman–Crippen MR) is 105 cm³/mol. The molecular weight excluding hydrogens is 378 g/mol. The van der Waals surface area contributed by atoms with E-state index in [0.717, 1.165) is 25.7 Å². The van der Waals surface area contributed by atoms with Crippen LogP contribution in [0, 0.1) is 0 Å². The summed E-state index contributed by atoms with van der Waals surface area (Å²) in [5.74, 6) is 0.799. The fourth-order valence-corrected chi connectivity index (χ4v) is 5.59.